The van der Waals surface area contributed by atoms with Crippen molar-refractivity contribution >= 4 is 36.4 Å². The maximum Gasteiger partial charge on any atom is 0.326 e. The van der Waals surface area contributed by atoms with E-state index in [0.717, 1.165) is 0 Å². The van der Waals surface area contributed by atoms with Gasteiger partial charge in [-0.15, -0.1) is 0 Å². The molecule has 0 bridgehead atoms. The molecule has 0 aromatic carbocycles. The summed E-state index contributed by atoms with van der Waals surface area (Å²) in [4.78, 5) is 36.8. The zero-order valence-corrected chi connectivity index (χ0v) is 22.8. The number of carbonyl (C=O) groups excluding carboxylic acids is 2. The summed E-state index contributed by atoms with van der Waals surface area (Å²) in [6.45, 7) is 11.9. The Kier molecular flexibility index (Phi) is 10.4. The van der Waals surface area contributed by atoms with Crippen LogP contribution in [0.15, 0.2) is 12.7 Å². The standard InChI is InChI=1S/C22H37N6O7P/c1-14(2)34-17(29)8-9-33-36(31,27-22(6,7)21(30)35-15(3)4)13-32-16(5)10-28-12-26-18-19(23)24-11-25-20(18)28/h11-12,14-16H,8-10,13H2,1-7H3,(H,27,31)(H2,23,24,25)/t16-,36+/m1/s1. The molecule has 0 aliphatic carbocycles. The quantitative estimate of drug-likeness (QED) is 0.272. The Morgan fingerprint density at radius 3 is 2.42 bits per heavy atom. The van der Waals surface area contributed by atoms with E-state index in [1.54, 1.807) is 45.5 Å². The molecule has 36 heavy (non-hydrogen) atoms. The van der Waals surface area contributed by atoms with Gasteiger partial charge in [0.25, 0.3) is 7.52 Å². The average Bonchev–Trinajstić information content (AvgIpc) is 3.15. The lowest BCUT2D eigenvalue weighted by Crippen LogP contribution is -2.47. The molecule has 2 heterocycles. The number of hydrogen-bond acceptors (Lipinski definition) is 11. The molecule has 0 spiro atoms. The Labute approximate surface area is 210 Å². The molecule has 2 atom stereocenters. The molecular formula is C22H37N6O7P. The summed E-state index contributed by atoms with van der Waals surface area (Å²) in [5.74, 6) is -0.825. The van der Waals surface area contributed by atoms with Gasteiger partial charge in [-0.2, -0.15) is 0 Å². The van der Waals surface area contributed by atoms with Gasteiger partial charge >= 0.3 is 11.9 Å². The largest absolute Gasteiger partial charge is 0.463 e. The Bertz CT molecular complexity index is 1090. The maximum atomic E-state index is 13.7. The summed E-state index contributed by atoms with van der Waals surface area (Å²) >= 11 is 0. The third-order valence-electron chi connectivity index (χ3n) is 4.69. The van der Waals surface area contributed by atoms with Gasteiger partial charge in [0.1, 0.15) is 23.7 Å². The number of nitrogen functional groups attached to an aromatic ring is 1. The monoisotopic (exact) mass is 528 g/mol. The maximum absolute atomic E-state index is 13.7. The number of fused-ring (bicyclic) bond motifs is 1. The molecule has 0 radical (unpaired) electrons. The topological polar surface area (TPSA) is 170 Å². The van der Waals surface area contributed by atoms with E-state index in [0.29, 0.717) is 17.7 Å². The normalized spacial score (nSPS) is 14.7. The number of rotatable bonds is 14. The van der Waals surface area contributed by atoms with E-state index in [2.05, 4.69) is 20.0 Å². The van der Waals surface area contributed by atoms with Gasteiger partial charge in [0.15, 0.2) is 11.5 Å². The second kappa shape index (κ2) is 12.6. The van der Waals surface area contributed by atoms with Crippen molar-refractivity contribution in [3.8, 4) is 0 Å². The fourth-order valence-corrected chi connectivity index (χ4v) is 5.10. The number of aromatic nitrogens is 4. The molecule has 0 amide bonds. The molecule has 202 valence electrons. The minimum Gasteiger partial charge on any atom is -0.463 e. The number of anilines is 1. The Morgan fingerprint density at radius 1 is 1.11 bits per heavy atom. The molecule has 2 aromatic rings. The van der Waals surface area contributed by atoms with E-state index in [-0.39, 0.29) is 37.4 Å². The van der Waals surface area contributed by atoms with Crippen molar-refractivity contribution in [2.24, 2.45) is 0 Å². The molecule has 2 rings (SSSR count). The van der Waals surface area contributed by atoms with Crippen molar-refractivity contribution in [3.05, 3.63) is 12.7 Å². The summed E-state index contributed by atoms with van der Waals surface area (Å²) in [6, 6.07) is 0. The molecular weight excluding hydrogens is 491 g/mol. The summed E-state index contributed by atoms with van der Waals surface area (Å²) in [6.07, 6.45) is 1.34. The van der Waals surface area contributed by atoms with E-state index in [4.69, 9.17) is 24.5 Å². The van der Waals surface area contributed by atoms with Crippen LogP contribution in [0.4, 0.5) is 5.82 Å². The average molecular weight is 529 g/mol. The first-order valence-electron chi connectivity index (χ1n) is 11.7. The third-order valence-corrected chi connectivity index (χ3v) is 6.68. The van der Waals surface area contributed by atoms with Crippen molar-refractivity contribution in [2.45, 2.75) is 85.3 Å². The van der Waals surface area contributed by atoms with Crippen LogP contribution in [0.2, 0.25) is 0 Å². The lowest BCUT2D eigenvalue weighted by atomic mass is 10.1. The number of nitrogens with one attached hydrogen (secondary N) is 1. The van der Waals surface area contributed by atoms with E-state index in [1.807, 2.05) is 0 Å². The number of nitrogens with zero attached hydrogens (tertiary/aromatic N) is 4. The number of esters is 2. The highest BCUT2D eigenvalue weighted by Gasteiger charge is 2.39. The first-order chi connectivity index (χ1) is 16.7. The minimum atomic E-state index is -3.78. The van der Waals surface area contributed by atoms with E-state index >= 15 is 0 Å². The molecule has 14 heteroatoms. The van der Waals surface area contributed by atoms with Crippen molar-refractivity contribution in [3.63, 3.8) is 0 Å². The van der Waals surface area contributed by atoms with Crippen molar-refractivity contribution in [1.82, 2.24) is 24.6 Å². The molecule has 3 N–H and O–H groups in total. The molecule has 2 aromatic heterocycles. The van der Waals surface area contributed by atoms with Crippen LogP contribution in [0.5, 0.6) is 0 Å². The number of imidazole rings is 1. The van der Waals surface area contributed by atoms with Crippen LogP contribution in [0.1, 0.15) is 54.9 Å². The lowest BCUT2D eigenvalue weighted by Gasteiger charge is -2.31. The second-order valence-electron chi connectivity index (χ2n) is 9.42. The van der Waals surface area contributed by atoms with Gasteiger partial charge in [-0.3, -0.25) is 14.2 Å². The van der Waals surface area contributed by atoms with Gasteiger partial charge < -0.3 is 29.0 Å². The fraction of sp³-hybridized carbons (Fsp3) is 0.682. The third kappa shape index (κ3) is 8.81. The van der Waals surface area contributed by atoms with Gasteiger partial charge in [-0.25, -0.2) is 20.0 Å². The van der Waals surface area contributed by atoms with Gasteiger partial charge in [0.05, 0.1) is 44.2 Å². The molecule has 0 unspecified atom stereocenters. The van der Waals surface area contributed by atoms with Crippen LogP contribution in [0.3, 0.4) is 0 Å². The van der Waals surface area contributed by atoms with Crippen LogP contribution >= 0.6 is 7.52 Å². The van der Waals surface area contributed by atoms with Gasteiger partial charge in [0, 0.05) is 0 Å². The van der Waals surface area contributed by atoms with Crippen molar-refractivity contribution in [1.29, 1.82) is 0 Å². The van der Waals surface area contributed by atoms with E-state index < -0.39 is 31.1 Å². The van der Waals surface area contributed by atoms with Gasteiger partial charge in [0.2, 0.25) is 0 Å². The Morgan fingerprint density at radius 2 is 1.78 bits per heavy atom. The zero-order valence-electron chi connectivity index (χ0n) is 21.9. The highest BCUT2D eigenvalue weighted by Crippen LogP contribution is 2.45. The molecule has 0 aliphatic rings. The molecule has 0 aliphatic heterocycles. The van der Waals surface area contributed by atoms with Crippen LogP contribution < -0.4 is 10.8 Å². The van der Waals surface area contributed by atoms with Crippen LogP contribution in [0.25, 0.3) is 11.2 Å². The first kappa shape index (κ1) is 29.6. The van der Waals surface area contributed by atoms with Gasteiger partial charge in [-0.05, 0) is 48.5 Å². The number of hydrogen-bond donors (Lipinski definition) is 2. The predicted octanol–water partition coefficient (Wildman–Crippen LogP) is 2.64. The molecule has 13 nitrogen and oxygen atoms in total. The van der Waals surface area contributed by atoms with Gasteiger partial charge in [-0.1, -0.05) is 0 Å². The Hall–Kier alpha value is -2.60. The first-order valence-corrected chi connectivity index (χ1v) is 13.5. The molecule has 0 saturated carbocycles. The highest BCUT2D eigenvalue weighted by atomic mass is 31.2. The van der Waals surface area contributed by atoms with Crippen molar-refractivity contribution < 1.29 is 32.9 Å². The van der Waals surface area contributed by atoms with Crippen LogP contribution in [-0.2, 0) is 39.4 Å². The summed E-state index contributed by atoms with van der Waals surface area (Å²) < 4.78 is 37.3. The zero-order chi connectivity index (χ0) is 27.1. The number of ether oxygens (including phenoxy) is 3. The smallest absolute Gasteiger partial charge is 0.326 e. The fourth-order valence-electron chi connectivity index (χ4n) is 3.12. The molecule has 0 saturated heterocycles. The highest BCUT2D eigenvalue weighted by molar-refractivity contribution is 7.56. The second-order valence-corrected chi connectivity index (χ2v) is 11.5. The van der Waals surface area contributed by atoms with Crippen LogP contribution in [0, 0.1) is 0 Å². The molecule has 0 fully saturated rings. The Balaban J connectivity index is 2.09. The SMILES string of the molecule is CC(C)OC(=O)CCO[P@@](=O)(CO[C@H](C)Cn1cnc2c(N)ncnc21)NC(C)(C)C(=O)OC(C)C. The van der Waals surface area contributed by atoms with Crippen LogP contribution in [-0.4, -0.2) is 68.3 Å². The van der Waals surface area contributed by atoms with E-state index in [9.17, 15) is 14.2 Å². The predicted molar refractivity (Wildman–Crippen MR) is 133 cm³/mol. The summed E-state index contributed by atoms with van der Waals surface area (Å²) in [7, 11) is -3.78. The summed E-state index contributed by atoms with van der Waals surface area (Å²) in [5.41, 5.74) is 5.50. The minimum absolute atomic E-state index is 0.113. The van der Waals surface area contributed by atoms with Crippen molar-refractivity contribution in [2.75, 3.05) is 18.7 Å². The number of carbonyl (C=O) groups is 2. The number of nitrogens with two attached hydrogens (primary N) is 1. The summed E-state index contributed by atoms with van der Waals surface area (Å²) in [5, 5.41) is 2.77. The van der Waals surface area contributed by atoms with E-state index in [1.165, 1.54) is 20.2 Å². The lowest BCUT2D eigenvalue weighted by molar-refractivity contribution is -0.153.